The summed E-state index contributed by atoms with van der Waals surface area (Å²) in [6, 6.07) is 7.37. The Hall–Kier alpha value is -1.81. The monoisotopic (exact) mass is 247 g/mol. The highest BCUT2D eigenvalue weighted by molar-refractivity contribution is 5.95. The Morgan fingerprint density at radius 2 is 2.00 bits per heavy atom. The predicted octanol–water partition coefficient (Wildman–Crippen LogP) is 3.02. The number of aromatic carboxylic acids is 1. The molecule has 1 aromatic heterocycles. The summed E-state index contributed by atoms with van der Waals surface area (Å²) in [7, 11) is 0. The van der Waals surface area contributed by atoms with E-state index in [1.54, 1.807) is 6.07 Å². The van der Waals surface area contributed by atoms with Crippen LogP contribution in [0.5, 0.6) is 0 Å². The Morgan fingerprint density at radius 3 is 2.61 bits per heavy atom. The van der Waals surface area contributed by atoms with Gasteiger partial charge >= 0.3 is 5.97 Å². The lowest BCUT2D eigenvalue weighted by molar-refractivity contribution is 0.0663. The first-order valence-electron chi connectivity index (χ1n) is 5.87. The van der Waals surface area contributed by atoms with Crippen molar-refractivity contribution in [1.82, 2.24) is 5.32 Å². The zero-order valence-electron chi connectivity index (χ0n) is 10.8. The number of rotatable bonds is 3. The first kappa shape index (κ1) is 12.6. The van der Waals surface area contributed by atoms with Gasteiger partial charge in [0.1, 0.15) is 5.58 Å². The van der Waals surface area contributed by atoms with Crippen molar-refractivity contribution in [2.24, 2.45) is 0 Å². The fraction of sp³-hybridized carbons (Fsp3) is 0.357. The molecular formula is C14H17NO3. The van der Waals surface area contributed by atoms with Crippen LogP contribution < -0.4 is 5.32 Å². The topological polar surface area (TPSA) is 62.5 Å². The molecule has 1 aromatic carbocycles. The normalized spacial score (nSPS) is 11.9. The summed E-state index contributed by atoms with van der Waals surface area (Å²) >= 11 is 0. The molecule has 0 atom stereocenters. The van der Waals surface area contributed by atoms with Crippen LogP contribution in [0.15, 0.2) is 28.7 Å². The second-order valence-electron chi connectivity index (χ2n) is 5.31. The molecular weight excluding hydrogens is 230 g/mol. The van der Waals surface area contributed by atoms with E-state index in [-0.39, 0.29) is 11.3 Å². The predicted molar refractivity (Wildman–Crippen MR) is 69.8 cm³/mol. The number of furan rings is 1. The average molecular weight is 247 g/mol. The molecule has 0 saturated carbocycles. The molecule has 0 bridgehead atoms. The molecule has 0 unspecified atom stereocenters. The molecule has 0 aliphatic heterocycles. The molecule has 0 radical (unpaired) electrons. The zero-order chi connectivity index (χ0) is 13.3. The minimum absolute atomic E-state index is 0.0213. The number of fused-ring (bicyclic) bond motifs is 1. The number of carboxylic acids is 1. The second kappa shape index (κ2) is 4.46. The molecule has 96 valence electrons. The van der Waals surface area contributed by atoms with Crippen LogP contribution in [0.4, 0.5) is 0 Å². The molecule has 2 aromatic rings. The van der Waals surface area contributed by atoms with E-state index in [1.165, 1.54) is 0 Å². The fourth-order valence-electron chi connectivity index (χ4n) is 1.80. The van der Waals surface area contributed by atoms with Gasteiger partial charge in [0.05, 0.1) is 0 Å². The Morgan fingerprint density at radius 1 is 1.33 bits per heavy atom. The van der Waals surface area contributed by atoms with Gasteiger partial charge < -0.3 is 14.8 Å². The minimum Gasteiger partial charge on any atom is -0.475 e. The molecule has 0 spiro atoms. The van der Waals surface area contributed by atoms with E-state index in [1.807, 2.05) is 39.0 Å². The van der Waals surface area contributed by atoms with Gasteiger partial charge in [0, 0.05) is 23.0 Å². The maximum atomic E-state index is 11.2. The summed E-state index contributed by atoms with van der Waals surface area (Å²) in [6.45, 7) is 6.59. The minimum atomic E-state index is -1.03. The lowest BCUT2D eigenvalue weighted by atomic mass is 10.1. The number of para-hydroxylation sites is 1. The smallest absolute Gasteiger partial charge is 0.372 e. The van der Waals surface area contributed by atoms with Crippen LogP contribution in [0.1, 0.15) is 36.9 Å². The van der Waals surface area contributed by atoms with Crippen molar-refractivity contribution in [2.75, 3.05) is 0 Å². The largest absolute Gasteiger partial charge is 0.475 e. The lowest BCUT2D eigenvalue weighted by Gasteiger charge is -2.20. The Balaban J connectivity index is 2.45. The third-order valence-corrected chi connectivity index (χ3v) is 2.69. The summed E-state index contributed by atoms with van der Waals surface area (Å²) in [5.74, 6) is -1.01. The SMILES string of the molecule is CC(C)(C)NCc1c(C(=O)O)oc2ccccc12. The highest BCUT2D eigenvalue weighted by Crippen LogP contribution is 2.26. The summed E-state index contributed by atoms with van der Waals surface area (Å²) in [5, 5.41) is 13.3. The van der Waals surface area contributed by atoms with Crippen LogP contribution in [-0.4, -0.2) is 16.6 Å². The van der Waals surface area contributed by atoms with Gasteiger partial charge in [-0.15, -0.1) is 0 Å². The molecule has 2 rings (SSSR count). The maximum absolute atomic E-state index is 11.2. The van der Waals surface area contributed by atoms with E-state index in [4.69, 9.17) is 4.42 Å². The van der Waals surface area contributed by atoms with E-state index < -0.39 is 5.97 Å². The van der Waals surface area contributed by atoms with Crippen molar-refractivity contribution < 1.29 is 14.3 Å². The number of benzene rings is 1. The van der Waals surface area contributed by atoms with Crippen LogP contribution in [0.25, 0.3) is 11.0 Å². The van der Waals surface area contributed by atoms with Crippen molar-refractivity contribution in [3.05, 3.63) is 35.6 Å². The van der Waals surface area contributed by atoms with Crippen molar-refractivity contribution in [3.63, 3.8) is 0 Å². The quantitative estimate of drug-likeness (QED) is 0.875. The Bertz CT molecular complexity index is 578. The van der Waals surface area contributed by atoms with Crippen LogP contribution in [0, 0.1) is 0 Å². The molecule has 0 saturated heterocycles. The van der Waals surface area contributed by atoms with E-state index in [9.17, 15) is 9.90 Å². The van der Waals surface area contributed by atoms with Gasteiger partial charge in [-0.3, -0.25) is 0 Å². The molecule has 18 heavy (non-hydrogen) atoms. The number of carbonyl (C=O) groups is 1. The molecule has 1 heterocycles. The first-order valence-corrected chi connectivity index (χ1v) is 5.87. The average Bonchev–Trinajstić information content (AvgIpc) is 2.64. The third kappa shape index (κ3) is 2.54. The molecule has 4 nitrogen and oxygen atoms in total. The fourth-order valence-corrected chi connectivity index (χ4v) is 1.80. The molecule has 0 fully saturated rings. The summed E-state index contributed by atoms with van der Waals surface area (Å²) in [5.41, 5.74) is 1.24. The van der Waals surface area contributed by atoms with E-state index in [0.717, 1.165) is 5.39 Å². The van der Waals surface area contributed by atoms with Gasteiger partial charge in [0.25, 0.3) is 0 Å². The molecule has 0 aliphatic carbocycles. The van der Waals surface area contributed by atoms with E-state index >= 15 is 0 Å². The number of hydrogen-bond acceptors (Lipinski definition) is 3. The van der Waals surface area contributed by atoms with Gasteiger partial charge in [0.2, 0.25) is 5.76 Å². The van der Waals surface area contributed by atoms with Crippen LogP contribution in [0.2, 0.25) is 0 Å². The standard InChI is InChI=1S/C14H17NO3/c1-14(2,3)15-8-10-9-6-4-5-7-11(9)18-12(10)13(16)17/h4-7,15H,8H2,1-3H3,(H,16,17). The van der Waals surface area contributed by atoms with Gasteiger partial charge in [-0.2, -0.15) is 0 Å². The molecule has 0 aliphatic rings. The third-order valence-electron chi connectivity index (χ3n) is 2.69. The first-order chi connectivity index (χ1) is 8.38. The van der Waals surface area contributed by atoms with Crippen molar-refractivity contribution in [1.29, 1.82) is 0 Å². The van der Waals surface area contributed by atoms with E-state index in [0.29, 0.717) is 17.7 Å². The molecule has 4 heteroatoms. The summed E-state index contributed by atoms with van der Waals surface area (Å²) in [4.78, 5) is 11.2. The van der Waals surface area contributed by atoms with Crippen molar-refractivity contribution >= 4 is 16.9 Å². The number of hydrogen-bond donors (Lipinski definition) is 2. The summed E-state index contributed by atoms with van der Waals surface area (Å²) < 4.78 is 5.39. The second-order valence-corrected chi connectivity index (χ2v) is 5.31. The van der Waals surface area contributed by atoms with Crippen LogP contribution in [-0.2, 0) is 6.54 Å². The Kier molecular flexibility index (Phi) is 3.13. The number of carboxylic acid groups (broad SMARTS) is 1. The lowest BCUT2D eigenvalue weighted by Crippen LogP contribution is -2.35. The van der Waals surface area contributed by atoms with E-state index in [2.05, 4.69) is 5.32 Å². The highest BCUT2D eigenvalue weighted by Gasteiger charge is 2.20. The summed E-state index contributed by atoms with van der Waals surface area (Å²) in [6.07, 6.45) is 0. The maximum Gasteiger partial charge on any atom is 0.372 e. The zero-order valence-corrected chi connectivity index (χ0v) is 10.8. The molecule has 0 amide bonds. The Labute approximate surface area is 106 Å². The highest BCUT2D eigenvalue weighted by atomic mass is 16.4. The van der Waals surface area contributed by atoms with Crippen molar-refractivity contribution in [3.8, 4) is 0 Å². The number of nitrogens with one attached hydrogen (secondary N) is 1. The van der Waals surface area contributed by atoms with Gasteiger partial charge in [0.15, 0.2) is 0 Å². The van der Waals surface area contributed by atoms with Gasteiger partial charge in [-0.05, 0) is 26.8 Å². The molecule has 2 N–H and O–H groups in total. The van der Waals surface area contributed by atoms with Crippen LogP contribution >= 0.6 is 0 Å². The van der Waals surface area contributed by atoms with Crippen LogP contribution in [0.3, 0.4) is 0 Å². The van der Waals surface area contributed by atoms with Gasteiger partial charge in [-0.25, -0.2) is 4.79 Å². The van der Waals surface area contributed by atoms with Gasteiger partial charge in [-0.1, -0.05) is 18.2 Å². The van der Waals surface area contributed by atoms with Crippen molar-refractivity contribution in [2.45, 2.75) is 32.9 Å².